The molecule has 1 amide bonds. The Balaban J connectivity index is 1.47. The molecule has 1 N–H and O–H groups in total. The van der Waals surface area contributed by atoms with Gasteiger partial charge in [0.15, 0.2) is 0 Å². The fourth-order valence-corrected chi connectivity index (χ4v) is 3.89. The van der Waals surface area contributed by atoms with Gasteiger partial charge in [0, 0.05) is 36.2 Å². The maximum absolute atomic E-state index is 13.1. The highest BCUT2D eigenvalue weighted by Gasteiger charge is 2.27. The molecule has 28 heavy (non-hydrogen) atoms. The van der Waals surface area contributed by atoms with Crippen molar-refractivity contribution in [2.24, 2.45) is 0 Å². The minimum Gasteiger partial charge on any atom is -0.338 e. The molecule has 0 unspecified atom stereocenters. The standard InChI is InChI=1S/C23H24FN3O/c1-16(17-6-3-2-4-7-17)21-14-22(26-25-21)19-8-5-13-27(15-19)23(28)18-9-11-20(24)12-10-18/h2-4,6-7,9-12,14,16,19H,5,8,13,15H2,1H3,(H,25,26)/t16-,19+/m1/s1. The van der Waals surface area contributed by atoms with Crippen LogP contribution in [0.1, 0.15) is 58.9 Å². The van der Waals surface area contributed by atoms with E-state index in [9.17, 15) is 9.18 Å². The van der Waals surface area contributed by atoms with Crippen LogP contribution in [0.25, 0.3) is 0 Å². The molecule has 2 heterocycles. The molecule has 1 saturated heterocycles. The summed E-state index contributed by atoms with van der Waals surface area (Å²) in [5.41, 5.74) is 3.86. The van der Waals surface area contributed by atoms with Gasteiger partial charge >= 0.3 is 0 Å². The van der Waals surface area contributed by atoms with Gasteiger partial charge in [0.1, 0.15) is 5.82 Å². The number of benzene rings is 2. The van der Waals surface area contributed by atoms with Crippen LogP contribution in [0.3, 0.4) is 0 Å². The van der Waals surface area contributed by atoms with Crippen molar-refractivity contribution in [3.05, 3.63) is 89.0 Å². The number of carbonyl (C=O) groups is 1. The highest BCUT2D eigenvalue weighted by atomic mass is 19.1. The van der Waals surface area contributed by atoms with E-state index in [0.717, 1.165) is 30.8 Å². The SMILES string of the molecule is C[C@H](c1ccccc1)c1cc([C@H]2CCCN(C(=O)c3ccc(F)cc3)C2)[nH]n1. The summed E-state index contributed by atoms with van der Waals surface area (Å²) in [5.74, 6) is 0.0850. The third-order valence-electron chi connectivity index (χ3n) is 5.60. The maximum atomic E-state index is 13.1. The number of aromatic amines is 1. The van der Waals surface area contributed by atoms with Crippen LogP contribution >= 0.6 is 0 Å². The second-order valence-corrected chi connectivity index (χ2v) is 7.48. The number of hydrogen-bond donors (Lipinski definition) is 1. The minimum atomic E-state index is -0.328. The van der Waals surface area contributed by atoms with Crippen LogP contribution < -0.4 is 0 Å². The number of amides is 1. The van der Waals surface area contributed by atoms with Crippen molar-refractivity contribution in [2.75, 3.05) is 13.1 Å². The zero-order valence-corrected chi connectivity index (χ0v) is 15.9. The Kier molecular flexibility index (Phi) is 5.24. The Bertz CT molecular complexity index is 936. The van der Waals surface area contributed by atoms with E-state index in [1.54, 1.807) is 12.1 Å². The topological polar surface area (TPSA) is 49.0 Å². The van der Waals surface area contributed by atoms with Gasteiger partial charge in [0.2, 0.25) is 0 Å². The largest absolute Gasteiger partial charge is 0.338 e. The normalized spacial score (nSPS) is 18.1. The van der Waals surface area contributed by atoms with Crippen molar-refractivity contribution < 1.29 is 9.18 Å². The number of H-pyrrole nitrogens is 1. The van der Waals surface area contributed by atoms with Crippen LogP contribution in [0.2, 0.25) is 0 Å². The summed E-state index contributed by atoms with van der Waals surface area (Å²) in [4.78, 5) is 14.6. The number of piperidine rings is 1. The third kappa shape index (κ3) is 3.84. The molecule has 4 rings (SSSR count). The second kappa shape index (κ2) is 7.97. The first-order valence-electron chi connectivity index (χ1n) is 9.77. The Labute approximate surface area is 164 Å². The smallest absolute Gasteiger partial charge is 0.253 e. The first kappa shape index (κ1) is 18.4. The Morgan fingerprint density at radius 2 is 1.93 bits per heavy atom. The van der Waals surface area contributed by atoms with E-state index in [-0.39, 0.29) is 23.6 Å². The quantitative estimate of drug-likeness (QED) is 0.715. The van der Waals surface area contributed by atoms with Crippen LogP contribution in [0.15, 0.2) is 60.7 Å². The van der Waals surface area contributed by atoms with Crippen molar-refractivity contribution in [1.29, 1.82) is 0 Å². The lowest BCUT2D eigenvalue weighted by Crippen LogP contribution is -2.39. The number of nitrogens with one attached hydrogen (secondary N) is 1. The molecule has 3 aromatic rings. The van der Waals surface area contributed by atoms with Gasteiger partial charge in [-0.15, -0.1) is 0 Å². The first-order valence-corrected chi connectivity index (χ1v) is 9.77. The molecule has 0 saturated carbocycles. The molecule has 4 nitrogen and oxygen atoms in total. The second-order valence-electron chi connectivity index (χ2n) is 7.48. The molecule has 0 radical (unpaired) electrons. The average Bonchev–Trinajstić information content (AvgIpc) is 3.24. The maximum Gasteiger partial charge on any atom is 0.253 e. The van der Waals surface area contributed by atoms with Gasteiger partial charge in [0.05, 0.1) is 5.69 Å². The summed E-state index contributed by atoms with van der Waals surface area (Å²) in [5, 5.41) is 7.73. The summed E-state index contributed by atoms with van der Waals surface area (Å²) in [7, 11) is 0. The lowest BCUT2D eigenvalue weighted by atomic mass is 9.92. The van der Waals surface area contributed by atoms with Crippen molar-refractivity contribution in [3.63, 3.8) is 0 Å². The molecule has 1 aromatic heterocycles. The predicted molar refractivity (Wildman–Crippen MR) is 107 cm³/mol. The summed E-state index contributed by atoms with van der Waals surface area (Å²) >= 11 is 0. The fraction of sp³-hybridized carbons (Fsp3) is 0.304. The van der Waals surface area contributed by atoms with E-state index in [4.69, 9.17) is 0 Å². The van der Waals surface area contributed by atoms with Crippen LogP contribution in [-0.2, 0) is 0 Å². The lowest BCUT2D eigenvalue weighted by Gasteiger charge is -2.32. The molecule has 0 aliphatic carbocycles. The van der Waals surface area contributed by atoms with Crippen molar-refractivity contribution in [1.82, 2.24) is 15.1 Å². The predicted octanol–water partition coefficient (Wildman–Crippen LogP) is 4.72. The molecule has 2 atom stereocenters. The lowest BCUT2D eigenvalue weighted by molar-refractivity contribution is 0.0706. The monoisotopic (exact) mass is 377 g/mol. The zero-order chi connectivity index (χ0) is 19.5. The first-order chi connectivity index (χ1) is 13.6. The number of aromatic nitrogens is 2. The number of hydrogen-bond acceptors (Lipinski definition) is 2. The van der Waals surface area contributed by atoms with Gasteiger partial charge in [0.25, 0.3) is 5.91 Å². The summed E-state index contributed by atoms with van der Waals surface area (Å²) in [6.07, 6.45) is 1.97. The fourth-order valence-electron chi connectivity index (χ4n) is 3.89. The van der Waals surface area contributed by atoms with E-state index >= 15 is 0 Å². The summed E-state index contributed by atoms with van der Waals surface area (Å²) in [6, 6.07) is 18.2. The Morgan fingerprint density at radius 3 is 2.68 bits per heavy atom. The molecule has 1 aliphatic heterocycles. The third-order valence-corrected chi connectivity index (χ3v) is 5.60. The van der Waals surface area contributed by atoms with E-state index in [1.807, 2.05) is 23.1 Å². The molecular formula is C23H24FN3O. The molecule has 144 valence electrons. The molecular weight excluding hydrogens is 353 g/mol. The van der Waals surface area contributed by atoms with Gasteiger partial charge < -0.3 is 4.90 Å². The molecule has 5 heteroatoms. The van der Waals surface area contributed by atoms with Crippen molar-refractivity contribution in [3.8, 4) is 0 Å². The highest BCUT2D eigenvalue weighted by molar-refractivity contribution is 5.94. The number of likely N-dealkylation sites (tertiary alicyclic amines) is 1. The highest BCUT2D eigenvalue weighted by Crippen LogP contribution is 2.30. The van der Waals surface area contributed by atoms with E-state index in [2.05, 4.69) is 35.3 Å². The van der Waals surface area contributed by atoms with Crippen LogP contribution in [0, 0.1) is 5.82 Å². The summed E-state index contributed by atoms with van der Waals surface area (Å²) < 4.78 is 13.1. The number of halogens is 1. The molecule has 2 aromatic carbocycles. The molecule has 1 fully saturated rings. The van der Waals surface area contributed by atoms with Gasteiger partial charge in [-0.2, -0.15) is 5.10 Å². The molecule has 0 bridgehead atoms. The van der Waals surface area contributed by atoms with Gasteiger partial charge in [-0.3, -0.25) is 9.89 Å². The molecule has 0 spiro atoms. The number of nitrogens with zero attached hydrogens (tertiary/aromatic N) is 2. The van der Waals surface area contributed by atoms with Crippen LogP contribution in [0.5, 0.6) is 0 Å². The van der Waals surface area contributed by atoms with Gasteiger partial charge in [-0.25, -0.2) is 4.39 Å². The molecule has 1 aliphatic rings. The average molecular weight is 377 g/mol. The Morgan fingerprint density at radius 1 is 1.18 bits per heavy atom. The number of carbonyl (C=O) groups excluding carboxylic acids is 1. The zero-order valence-electron chi connectivity index (χ0n) is 15.9. The van der Waals surface area contributed by atoms with Crippen molar-refractivity contribution in [2.45, 2.75) is 31.6 Å². The van der Waals surface area contributed by atoms with Gasteiger partial charge in [-0.05, 0) is 48.7 Å². The van der Waals surface area contributed by atoms with Crippen LogP contribution in [0.4, 0.5) is 4.39 Å². The van der Waals surface area contributed by atoms with Crippen molar-refractivity contribution >= 4 is 5.91 Å². The van der Waals surface area contributed by atoms with E-state index < -0.39 is 0 Å². The summed E-state index contributed by atoms with van der Waals surface area (Å²) in [6.45, 7) is 3.53. The minimum absolute atomic E-state index is 0.0397. The van der Waals surface area contributed by atoms with Crippen LogP contribution in [-0.4, -0.2) is 34.1 Å². The Hall–Kier alpha value is -2.95. The number of rotatable bonds is 4. The van der Waals surface area contributed by atoms with E-state index in [0.29, 0.717) is 12.1 Å². The van der Waals surface area contributed by atoms with E-state index in [1.165, 1.54) is 17.7 Å². The van der Waals surface area contributed by atoms with Gasteiger partial charge in [-0.1, -0.05) is 37.3 Å².